The summed E-state index contributed by atoms with van der Waals surface area (Å²) < 4.78 is 0. The molecule has 1 aromatic carbocycles. The summed E-state index contributed by atoms with van der Waals surface area (Å²) in [4.78, 5) is 0. The Bertz CT molecular complexity index is 370. The molecule has 2 unspecified atom stereocenters. The number of aliphatic hydroxyl groups excluding tert-OH is 2. The van der Waals surface area contributed by atoms with Gasteiger partial charge in [0.1, 0.15) is 6.10 Å². The molecular formula is C12H16BrNO2. The molecule has 2 rings (SSSR count). The van der Waals surface area contributed by atoms with Crippen molar-refractivity contribution in [3.63, 3.8) is 0 Å². The molecule has 1 aliphatic heterocycles. The molecule has 1 aromatic rings. The highest BCUT2D eigenvalue weighted by Crippen LogP contribution is 2.23. The lowest BCUT2D eigenvalue weighted by atomic mass is 9.95. The van der Waals surface area contributed by atoms with Crippen molar-refractivity contribution in [2.75, 3.05) is 11.9 Å². The maximum atomic E-state index is 9.89. The molecule has 0 amide bonds. The van der Waals surface area contributed by atoms with Crippen molar-refractivity contribution in [2.24, 2.45) is 0 Å². The number of aliphatic hydroxyl groups is 2. The molecule has 1 aliphatic rings. The highest BCUT2D eigenvalue weighted by Gasteiger charge is 2.18. The smallest absolute Gasteiger partial charge is 0.106 e. The van der Waals surface area contributed by atoms with Gasteiger partial charge in [-0.15, -0.1) is 0 Å². The molecular weight excluding hydrogens is 270 g/mol. The Morgan fingerprint density at radius 1 is 1.31 bits per heavy atom. The first-order valence-corrected chi connectivity index (χ1v) is 6.59. The molecule has 1 heterocycles. The Morgan fingerprint density at radius 2 is 2.12 bits per heavy atom. The van der Waals surface area contributed by atoms with E-state index in [9.17, 15) is 10.2 Å². The van der Waals surface area contributed by atoms with Crippen molar-refractivity contribution in [1.82, 2.24) is 5.32 Å². The van der Waals surface area contributed by atoms with Gasteiger partial charge >= 0.3 is 0 Å². The van der Waals surface area contributed by atoms with E-state index >= 15 is 0 Å². The second kappa shape index (κ2) is 5.27. The lowest BCUT2D eigenvalue weighted by molar-refractivity contribution is 0.0342. The highest BCUT2D eigenvalue weighted by atomic mass is 79.9. The molecule has 0 radical (unpaired) electrons. The van der Waals surface area contributed by atoms with Gasteiger partial charge in [-0.2, -0.15) is 0 Å². The summed E-state index contributed by atoms with van der Waals surface area (Å²) in [5, 5.41) is 23.2. The van der Waals surface area contributed by atoms with E-state index in [0.29, 0.717) is 5.33 Å². The second-order valence-corrected chi connectivity index (χ2v) is 4.77. The molecule has 0 fully saturated rings. The first kappa shape index (κ1) is 12.0. The van der Waals surface area contributed by atoms with Crippen LogP contribution in [0.4, 0.5) is 0 Å². The molecule has 0 bridgehead atoms. The van der Waals surface area contributed by atoms with Crippen LogP contribution in [0.5, 0.6) is 0 Å². The zero-order valence-corrected chi connectivity index (χ0v) is 10.6. The minimum Gasteiger partial charge on any atom is -0.389 e. The van der Waals surface area contributed by atoms with Crippen LogP contribution in [0.25, 0.3) is 0 Å². The van der Waals surface area contributed by atoms with Gasteiger partial charge in [0, 0.05) is 11.9 Å². The quantitative estimate of drug-likeness (QED) is 0.730. The van der Waals surface area contributed by atoms with E-state index in [-0.39, 0.29) is 0 Å². The first-order chi connectivity index (χ1) is 7.72. The Hall–Kier alpha value is -0.420. The third kappa shape index (κ3) is 2.46. The van der Waals surface area contributed by atoms with Gasteiger partial charge in [-0.25, -0.2) is 0 Å². The van der Waals surface area contributed by atoms with E-state index in [1.54, 1.807) is 0 Å². The van der Waals surface area contributed by atoms with Crippen LogP contribution in [-0.4, -0.2) is 28.2 Å². The lowest BCUT2D eigenvalue weighted by Gasteiger charge is -2.21. The van der Waals surface area contributed by atoms with Gasteiger partial charge in [0.15, 0.2) is 0 Å². The van der Waals surface area contributed by atoms with Crippen molar-refractivity contribution in [3.8, 4) is 0 Å². The van der Waals surface area contributed by atoms with Crippen LogP contribution in [0.2, 0.25) is 0 Å². The van der Waals surface area contributed by atoms with Crippen molar-refractivity contribution in [1.29, 1.82) is 0 Å². The van der Waals surface area contributed by atoms with Gasteiger partial charge < -0.3 is 15.5 Å². The number of rotatable bonds is 3. The Kier molecular flexibility index (Phi) is 3.97. The van der Waals surface area contributed by atoms with Crippen molar-refractivity contribution >= 4 is 15.9 Å². The molecule has 0 saturated heterocycles. The topological polar surface area (TPSA) is 52.5 Å². The summed E-state index contributed by atoms with van der Waals surface area (Å²) >= 11 is 3.17. The molecule has 0 saturated carbocycles. The molecule has 0 aliphatic carbocycles. The Balaban J connectivity index is 2.22. The summed E-state index contributed by atoms with van der Waals surface area (Å²) in [6.07, 6.45) is -0.570. The van der Waals surface area contributed by atoms with E-state index in [4.69, 9.17) is 0 Å². The number of alkyl halides is 1. The zero-order valence-electron chi connectivity index (χ0n) is 8.99. The van der Waals surface area contributed by atoms with Crippen LogP contribution in [-0.2, 0) is 13.0 Å². The third-order valence-electron chi connectivity index (χ3n) is 2.98. The molecule has 3 nitrogen and oxygen atoms in total. The van der Waals surface area contributed by atoms with Crippen LogP contribution >= 0.6 is 15.9 Å². The zero-order chi connectivity index (χ0) is 11.5. The summed E-state index contributed by atoms with van der Waals surface area (Å²) in [6, 6.07) is 5.93. The number of nitrogens with one attached hydrogen (secondary N) is 1. The number of hydrogen-bond acceptors (Lipinski definition) is 3. The largest absolute Gasteiger partial charge is 0.389 e. The SMILES string of the molecule is OC(CBr)C(O)c1ccc2c(c1)CCNC2. The molecule has 88 valence electrons. The van der Waals surface area contributed by atoms with Crippen LogP contribution in [0.15, 0.2) is 18.2 Å². The van der Waals surface area contributed by atoms with E-state index < -0.39 is 12.2 Å². The Labute approximate surface area is 104 Å². The normalized spacial score (nSPS) is 18.9. The molecule has 16 heavy (non-hydrogen) atoms. The average molecular weight is 286 g/mol. The van der Waals surface area contributed by atoms with E-state index in [0.717, 1.165) is 25.1 Å². The summed E-state index contributed by atoms with van der Waals surface area (Å²) in [5.74, 6) is 0. The number of benzene rings is 1. The highest BCUT2D eigenvalue weighted by molar-refractivity contribution is 9.09. The minimum absolute atomic E-state index is 0.382. The average Bonchev–Trinajstić information content (AvgIpc) is 2.36. The third-order valence-corrected chi connectivity index (χ3v) is 3.64. The minimum atomic E-state index is -0.806. The second-order valence-electron chi connectivity index (χ2n) is 4.12. The van der Waals surface area contributed by atoms with E-state index in [2.05, 4.69) is 21.2 Å². The van der Waals surface area contributed by atoms with Gasteiger partial charge in [0.05, 0.1) is 6.10 Å². The van der Waals surface area contributed by atoms with Crippen LogP contribution in [0, 0.1) is 0 Å². The monoisotopic (exact) mass is 285 g/mol. The molecule has 3 N–H and O–H groups in total. The summed E-state index contributed by atoms with van der Waals surface area (Å²) in [7, 11) is 0. The van der Waals surface area contributed by atoms with Gasteiger partial charge in [-0.1, -0.05) is 34.1 Å². The summed E-state index contributed by atoms with van der Waals surface area (Å²) in [6.45, 7) is 1.88. The predicted molar refractivity (Wildman–Crippen MR) is 66.6 cm³/mol. The van der Waals surface area contributed by atoms with E-state index in [1.165, 1.54) is 11.1 Å². The Morgan fingerprint density at radius 3 is 2.88 bits per heavy atom. The fraction of sp³-hybridized carbons (Fsp3) is 0.500. The van der Waals surface area contributed by atoms with Gasteiger partial charge in [-0.3, -0.25) is 0 Å². The van der Waals surface area contributed by atoms with Crippen LogP contribution in [0.1, 0.15) is 22.8 Å². The van der Waals surface area contributed by atoms with Crippen molar-refractivity contribution < 1.29 is 10.2 Å². The number of fused-ring (bicyclic) bond motifs is 1. The van der Waals surface area contributed by atoms with Crippen molar-refractivity contribution in [2.45, 2.75) is 25.2 Å². The fourth-order valence-electron chi connectivity index (χ4n) is 1.99. The molecule has 4 heteroatoms. The maximum Gasteiger partial charge on any atom is 0.106 e. The van der Waals surface area contributed by atoms with Crippen LogP contribution in [0.3, 0.4) is 0 Å². The van der Waals surface area contributed by atoms with Crippen molar-refractivity contribution in [3.05, 3.63) is 34.9 Å². The first-order valence-electron chi connectivity index (χ1n) is 5.47. The van der Waals surface area contributed by atoms with Crippen LogP contribution < -0.4 is 5.32 Å². The molecule has 0 aromatic heterocycles. The summed E-state index contributed by atoms with van der Waals surface area (Å²) in [5.41, 5.74) is 3.36. The molecule has 2 atom stereocenters. The standard InChI is InChI=1S/C12H16BrNO2/c13-6-11(15)12(16)9-1-2-10-7-14-4-3-8(10)5-9/h1-2,5,11-12,14-16H,3-4,6-7H2. The fourth-order valence-corrected chi connectivity index (χ4v) is 2.34. The van der Waals surface area contributed by atoms with Gasteiger partial charge in [0.25, 0.3) is 0 Å². The number of hydrogen-bond donors (Lipinski definition) is 3. The van der Waals surface area contributed by atoms with Gasteiger partial charge in [-0.05, 0) is 29.7 Å². The maximum absolute atomic E-state index is 9.89. The number of halogens is 1. The predicted octanol–water partition coefficient (Wildman–Crippen LogP) is 1.12. The lowest BCUT2D eigenvalue weighted by Crippen LogP contribution is -2.24. The molecule has 0 spiro atoms. The van der Waals surface area contributed by atoms with Gasteiger partial charge in [0.2, 0.25) is 0 Å². The van der Waals surface area contributed by atoms with E-state index in [1.807, 2.05) is 18.2 Å².